The van der Waals surface area contributed by atoms with Gasteiger partial charge in [-0.2, -0.15) is 0 Å². The molecule has 0 spiro atoms. The van der Waals surface area contributed by atoms with Crippen LogP contribution in [0.4, 0.5) is 0 Å². The summed E-state index contributed by atoms with van der Waals surface area (Å²) in [6, 6.07) is 10.6. The van der Waals surface area contributed by atoms with Crippen LogP contribution >= 0.6 is 0 Å². The third-order valence-corrected chi connectivity index (χ3v) is 2.81. The number of hydrogen-bond donors (Lipinski definition) is 2. The first-order chi connectivity index (χ1) is 8.13. The van der Waals surface area contributed by atoms with Gasteiger partial charge in [0.05, 0.1) is 6.54 Å². The fourth-order valence-corrected chi connectivity index (χ4v) is 1.52. The minimum absolute atomic E-state index is 0.0507. The maximum Gasteiger partial charge on any atom is 0.233 e. The highest BCUT2D eigenvalue weighted by molar-refractivity contribution is 5.77. The second kappa shape index (κ2) is 7.04. The molecule has 0 aliphatic carbocycles. The van der Waals surface area contributed by atoms with Gasteiger partial charge in [0.15, 0.2) is 0 Å². The first-order valence-electron chi connectivity index (χ1n) is 5.84. The topological polar surface area (TPSA) is 58.4 Å². The maximum absolute atomic E-state index is 11.0. The average Bonchev–Trinajstić information content (AvgIpc) is 2.36. The highest BCUT2D eigenvalue weighted by Crippen LogP contribution is 2.05. The molecule has 0 aliphatic heterocycles. The summed E-state index contributed by atoms with van der Waals surface area (Å²) in [6.07, 6.45) is 0. The summed E-state index contributed by atoms with van der Waals surface area (Å²) in [5, 5.41) is 2.79. The molecule has 17 heavy (non-hydrogen) atoms. The Kier molecular flexibility index (Phi) is 5.66. The lowest BCUT2D eigenvalue weighted by Crippen LogP contribution is -2.41. The van der Waals surface area contributed by atoms with Gasteiger partial charge in [-0.25, -0.2) is 0 Å². The first kappa shape index (κ1) is 13.7. The summed E-state index contributed by atoms with van der Waals surface area (Å²) >= 11 is 0. The van der Waals surface area contributed by atoms with Crippen LogP contribution in [-0.2, 0) is 11.3 Å². The molecular formula is C13H21N3O. The summed E-state index contributed by atoms with van der Waals surface area (Å²) in [4.78, 5) is 13.2. The third-order valence-electron chi connectivity index (χ3n) is 2.81. The van der Waals surface area contributed by atoms with Gasteiger partial charge in [-0.15, -0.1) is 0 Å². The van der Waals surface area contributed by atoms with Crippen molar-refractivity contribution in [1.29, 1.82) is 0 Å². The fourth-order valence-electron chi connectivity index (χ4n) is 1.52. The zero-order chi connectivity index (χ0) is 12.7. The SMILES string of the molecule is CC(CNC(=O)CN)N(C)Cc1ccccc1. The number of carbonyl (C=O) groups is 1. The highest BCUT2D eigenvalue weighted by Gasteiger charge is 2.10. The molecule has 0 aliphatic rings. The molecule has 0 saturated carbocycles. The van der Waals surface area contributed by atoms with Crippen molar-refractivity contribution < 1.29 is 4.79 Å². The molecule has 0 heterocycles. The van der Waals surface area contributed by atoms with Crippen molar-refractivity contribution in [3.8, 4) is 0 Å². The van der Waals surface area contributed by atoms with E-state index in [1.807, 2.05) is 25.2 Å². The Labute approximate surface area is 103 Å². The lowest BCUT2D eigenvalue weighted by molar-refractivity contribution is -0.119. The van der Waals surface area contributed by atoms with E-state index in [0.29, 0.717) is 6.54 Å². The molecule has 1 atom stereocenters. The molecule has 1 rings (SSSR count). The Morgan fingerprint density at radius 2 is 2.06 bits per heavy atom. The molecule has 0 bridgehead atoms. The lowest BCUT2D eigenvalue weighted by atomic mass is 10.2. The van der Waals surface area contributed by atoms with E-state index in [2.05, 4.69) is 29.3 Å². The van der Waals surface area contributed by atoms with Gasteiger partial charge in [-0.1, -0.05) is 30.3 Å². The van der Waals surface area contributed by atoms with E-state index in [-0.39, 0.29) is 18.5 Å². The molecule has 0 radical (unpaired) electrons. The second-order valence-corrected chi connectivity index (χ2v) is 4.26. The number of likely N-dealkylation sites (N-methyl/N-ethyl adjacent to an activating group) is 1. The lowest BCUT2D eigenvalue weighted by Gasteiger charge is -2.24. The van der Waals surface area contributed by atoms with Crippen molar-refractivity contribution in [2.45, 2.75) is 19.5 Å². The normalized spacial score (nSPS) is 12.5. The van der Waals surface area contributed by atoms with Gasteiger partial charge >= 0.3 is 0 Å². The molecule has 3 N–H and O–H groups in total. The Morgan fingerprint density at radius 1 is 1.41 bits per heavy atom. The smallest absolute Gasteiger partial charge is 0.233 e. The van der Waals surface area contributed by atoms with Crippen LogP contribution in [0.15, 0.2) is 30.3 Å². The molecule has 1 aromatic carbocycles. The summed E-state index contributed by atoms with van der Waals surface area (Å²) < 4.78 is 0. The van der Waals surface area contributed by atoms with Crippen molar-refractivity contribution in [3.63, 3.8) is 0 Å². The van der Waals surface area contributed by atoms with Gasteiger partial charge in [0.1, 0.15) is 0 Å². The van der Waals surface area contributed by atoms with Crippen molar-refractivity contribution in [2.24, 2.45) is 5.73 Å². The Morgan fingerprint density at radius 3 is 2.65 bits per heavy atom. The summed E-state index contributed by atoms with van der Waals surface area (Å²) in [5.41, 5.74) is 6.50. The molecular weight excluding hydrogens is 214 g/mol. The largest absolute Gasteiger partial charge is 0.353 e. The molecule has 4 nitrogen and oxygen atoms in total. The van der Waals surface area contributed by atoms with E-state index in [0.717, 1.165) is 6.54 Å². The van der Waals surface area contributed by atoms with Gasteiger partial charge in [-0.3, -0.25) is 9.69 Å². The third kappa shape index (κ3) is 4.97. The monoisotopic (exact) mass is 235 g/mol. The quantitative estimate of drug-likeness (QED) is 0.758. The molecule has 4 heteroatoms. The molecule has 1 aromatic rings. The van der Waals surface area contributed by atoms with Crippen LogP contribution in [0, 0.1) is 0 Å². The minimum Gasteiger partial charge on any atom is -0.353 e. The molecule has 1 amide bonds. The van der Waals surface area contributed by atoms with E-state index in [4.69, 9.17) is 5.73 Å². The van der Waals surface area contributed by atoms with Gasteiger partial charge in [-0.05, 0) is 19.5 Å². The average molecular weight is 235 g/mol. The molecule has 0 fully saturated rings. The van der Waals surface area contributed by atoms with Crippen LogP contribution in [0.25, 0.3) is 0 Å². The van der Waals surface area contributed by atoms with Crippen molar-refractivity contribution in [3.05, 3.63) is 35.9 Å². The van der Waals surface area contributed by atoms with Crippen molar-refractivity contribution in [2.75, 3.05) is 20.1 Å². The molecule has 0 saturated heterocycles. The standard InChI is InChI=1S/C13H21N3O/c1-11(9-15-13(17)8-14)16(2)10-12-6-4-3-5-7-12/h3-7,11H,8-10,14H2,1-2H3,(H,15,17). The van der Waals surface area contributed by atoms with E-state index in [9.17, 15) is 4.79 Å². The summed E-state index contributed by atoms with van der Waals surface area (Å²) in [6.45, 7) is 3.63. The predicted octanol–water partition coefficient (Wildman–Crippen LogP) is 0.582. The van der Waals surface area contributed by atoms with Crippen LogP contribution in [0.3, 0.4) is 0 Å². The van der Waals surface area contributed by atoms with Gasteiger partial charge in [0.25, 0.3) is 0 Å². The number of nitrogens with zero attached hydrogens (tertiary/aromatic N) is 1. The Hall–Kier alpha value is -1.39. The number of carbonyl (C=O) groups excluding carboxylic acids is 1. The number of nitrogens with two attached hydrogens (primary N) is 1. The van der Waals surface area contributed by atoms with Gasteiger partial charge in [0, 0.05) is 19.1 Å². The van der Waals surface area contributed by atoms with Crippen LogP contribution < -0.4 is 11.1 Å². The fraction of sp³-hybridized carbons (Fsp3) is 0.462. The van der Waals surface area contributed by atoms with Crippen LogP contribution in [-0.4, -0.2) is 37.0 Å². The van der Waals surface area contributed by atoms with E-state index in [1.165, 1.54) is 5.56 Å². The Bertz CT molecular complexity index is 340. The van der Waals surface area contributed by atoms with E-state index < -0.39 is 0 Å². The number of hydrogen-bond acceptors (Lipinski definition) is 3. The minimum atomic E-state index is -0.107. The van der Waals surface area contributed by atoms with Gasteiger partial charge < -0.3 is 11.1 Å². The zero-order valence-corrected chi connectivity index (χ0v) is 10.5. The van der Waals surface area contributed by atoms with Gasteiger partial charge in [0.2, 0.25) is 5.91 Å². The van der Waals surface area contributed by atoms with Crippen molar-refractivity contribution >= 4 is 5.91 Å². The summed E-state index contributed by atoms with van der Waals surface area (Å²) in [7, 11) is 2.05. The predicted molar refractivity (Wildman–Crippen MR) is 69.4 cm³/mol. The van der Waals surface area contributed by atoms with E-state index >= 15 is 0 Å². The highest BCUT2D eigenvalue weighted by atomic mass is 16.1. The van der Waals surface area contributed by atoms with Crippen LogP contribution in [0.1, 0.15) is 12.5 Å². The number of rotatable bonds is 6. The zero-order valence-electron chi connectivity index (χ0n) is 10.5. The number of nitrogens with one attached hydrogen (secondary N) is 1. The first-order valence-corrected chi connectivity index (χ1v) is 5.84. The molecule has 94 valence electrons. The molecule has 1 unspecified atom stereocenters. The van der Waals surface area contributed by atoms with Crippen molar-refractivity contribution in [1.82, 2.24) is 10.2 Å². The summed E-state index contributed by atoms with van der Waals surface area (Å²) in [5.74, 6) is -0.107. The molecule has 0 aromatic heterocycles. The van der Waals surface area contributed by atoms with Crippen LogP contribution in [0.2, 0.25) is 0 Å². The Balaban J connectivity index is 2.37. The van der Waals surface area contributed by atoms with E-state index in [1.54, 1.807) is 0 Å². The number of amides is 1. The maximum atomic E-state index is 11.0. The number of benzene rings is 1. The second-order valence-electron chi connectivity index (χ2n) is 4.26. The van der Waals surface area contributed by atoms with Crippen LogP contribution in [0.5, 0.6) is 0 Å².